The lowest BCUT2D eigenvalue weighted by molar-refractivity contribution is -0.118. The number of fused-ring (bicyclic) bond motifs is 1. The Hall–Kier alpha value is -2.66. The molecule has 27 heavy (non-hydrogen) atoms. The van der Waals surface area contributed by atoms with E-state index >= 15 is 0 Å². The van der Waals surface area contributed by atoms with Crippen LogP contribution in [0, 0.1) is 6.92 Å². The van der Waals surface area contributed by atoms with Gasteiger partial charge in [0, 0.05) is 16.0 Å². The van der Waals surface area contributed by atoms with Gasteiger partial charge in [0.05, 0.1) is 17.5 Å². The maximum Gasteiger partial charge on any atom is 0.250 e. The van der Waals surface area contributed by atoms with Crippen LogP contribution in [0.25, 0.3) is 10.9 Å². The Morgan fingerprint density at radius 2 is 1.93 bits per heavy atom. The largest absolute Gasteiger partial charge is 0.272 e. The van der Waals surface area contributed by atoms with E-state index in [-0.39, 0.29) is 5.91 Å². The summed E-state index contributed by atoms with van der Waals surface area (Å²) in [6, 6.07) is 18.2. The lowest BCUT2D eigenvalue weighted by Gasteiger charge is -2.07. The van der Waals surface area contributed by atoms with Gasteiger partial charge in [0.15, 0.2) is 0 Å². The van der Waals surface area contributed by atoms with E-state index in [0.29, 0.717) is 11.7 Å². The van der Waals surface area contributed by atoms with E-state index in [1.807, 2.05) is 49.4 Å². The van der Waals surface area contributed by atoms with E-state index in [0.717, 1.165) is 27.1 Å². The van der Waals surface area contributed by atoms with Crippen LogP contribution in [-0.2, 0) is 4.79 Å². The number of aromatic nitrogens is 1. The van der Waals surface area contributed by atoms with Crippen molar-refractivity contribution in [2.24, 2.45) is 5.10 Å². The van der Waals surface area contributed by atoms with Crippen LogP contribution >= 0.6 is 11.8 Å². The van der Waals surface area contributed by atoms with Crippen molar-refractivity contribution in [2.45, 2.75) is 31.6 Å². The zero-order chi connectivity index (χ0) is 19.2. The standard InChI is InChI=1S/C22H23N3OS/c1-15(2)18-10-8-17(9-11-18)13-23-25-22(26)14-27-21-12-16(3)24-20-7-5-4-6-19(20)21/h4-13,15H,14H2,1-3H3,(H,25,26). The van der Waals surface area contributed by atoms with Crippen molar-refractivity contribution in [1.29, 1.82) is 0 Å². The predicted octanol–water partition coefficient (Wildman–Crippen LogP) is 4.91. The third-order valence-electron chi connectivity index (χ3n) is 4.17. The normalized spacial score (nSPS) is 11.4. The molecule has 1 N–H and O–H groups in total. The minimum Gasteiger partial charge on any atom is -0.272 e. The highest BCUT2D eigenvalue weighted by atomic mass is 32.2. The Labute approximate surface area is 164 Å². The summed E-state index contributed by atoms with van der Waals surface area (Å²) in [5.74, 6) is 0.672. The molecular formula is C22H23N3OS. The maximum absolute atomic E-state index is 12.1. The van der Waals surface area contributed by atoms with E-state index in [1.165, 1.54) is 17.3 Å². The Balaban J connectivity index is 1.57. The number of nitrogens with one attached hydrogen (secondary N) is 1. The topological polar surface area (TPSA) is 54.4 Å². The second-order valence-electron chi connectivity index (χ2n) is 6.68. The zero-order valence-corrected chi connectivity index (χ0v) is 16.6. The quantitative estimate of drug-likeness (QED) is 0.377. The van der Waals surface area contributed by atoms with Gasteiger partial charge in [-0.1, -0.05) is 56.3 Å². The van der Waals surface area contributed by atoms with Gasteiger partial charge in [-0.3, -0.25) is 9.78 Å². The SMILES string of the molecule is Cc1cc(SCC(=O)NN=Cc2ccc(C(C)C)cc2)c2ccccc2n1. The van der Waals surface area contributed by atoms with Gasteiger partial charge in [-0.15, -0.1) is 11.8 Å². The second kappa shape index (κ2) is 8.82. The maximum atomic E-state index is 12.1. The van der Waals surface area contributed by atoms with Gasteiger partial charge in [0.2, 0.25) is 5.91 Å². The molecule has 4 nitrogen and oxygen atoms in total. The van der Waals surface area contributed by atoms with E-state index in [4.69, 9.17) is 0 Å². The minimum absolute atomic E-state index is 0.131. The first-order chi connectivity index (χ1) is 13.0. The summed E-state index contributed by atoms with van der Waals surface area (Å²) in [4.78, 5) is 17.7. The molecule has 0 aliphatic heterocycles. The highest BCUT2D eigenvalue weighted by molar-refractivity contribution is 8.00. The number of thioether (sulfide) groups is 1. The summed E-state index contributed by atoms with van der Waals surface area (Å²) < 4.78 is 0. The summed E-state index contributed by atoms with van der Waals surface area (Å²) in [6.45, 7) is 6.29. The lowest BCUT2D eigenvalue weighted by Crippen LogP contribution is -2.19. The van der Waals surface area contributed by atoms with Gasteiger partial charge in [0.1, 0.15) is 0 Å². The molecule has 1 amide bonds. The first kappa shape index (κ1) is 19.1. The van der Waals surface area contributed by atoms with Crippen LogP contribution in [-0.4, -0.2) is 22.9 Å². The number of hydrogen-bond donors (Lipinski definition) is 1. The monoisotopic (exact) mass is 377 g/mol. The van der Waals surface area contributed by atoms with Crippen LogP contribution in [0.4, 0.5) is 0 Å². The van der Waals surface area contributed by atoms with Crippen molar-refractivity contribution in [2.75, 3.05) is 5.75 Å². The van der Waals surface area contributed by atoms with E-state index in [9.17, 15) is 4.79 Å². The van der Waals surface area contributed by atoms with Gasteiger partial charge in [-0.2, -0.15) is 5.10 Å². The molecule has 1 aromatic heterocycles. The number of benzene rings is 2. The molecule has 0 atom stereocenters. The molecule has 5 heteroatoms. The molecule has 138 valence electrons. The highest BCUT2D eigenvalue weighted by Crippen LogP contribution is 2.27. The van der Waals surface area contributed by atoms with Crippen molar-refractivity contribution in [3.63, 3.8) is 0 Å². The number of aryl methyl sites for hydroxylation is 1. The van der Waals surface area contributed by atoms with E-state index in [2.05, 4.69) is 41.5 Å². The number of hydrogen-bond acceptors (Lipinski definition) is 4. The summed E-state index contributed by atoms with van der Waals surface area (Å²) in [6.07, 6.45) is 1.67. The molecule has 0 fully saturated rings. The van der Waals surface area contributed by atoms with Crippen molar-refractivity contribution in [3.8, 4) is 0 Å². The predicted molar refractivity (Wildman–Crippen MR) is 113 cm³/mol. The molecule has 0 unspecified atom stereocenters. The van der Waals surface area contributed by atoms with E-state index < -0.39 is 0 Å². The first-order valence-corrected chi connectivity index (χ1v) is 9.92. The number of hydrazone groups is 1. The van der Waals surface area contributed by atoms with Crippen molar-refractivity contribution < 1.29 is 4.79 Å². The van der Waals surface area contributed by atoms with Crippen molar-refractivity contribution in [1.82, 2.24) is 10.4 Å². The van der Waals surface area contributed by atoms with Gasteiger partial charge < -0.3 is 0 Å². The fraction of sp³-hybridized carbons (Fsp3) is 0.227. The number of carbonyl (C=O) groups excluding carboxylic acids is 1. The molecule has 0 aliphatic rings. The Morgan fingerprint density at radius 1 is 1.19 bits per heavy atom. The number of pyridine rings is 1. The Morgan fingerprint density at radius 3 is 2.67 bits per heavy atom. The number of amides is 1. The summed E-state index contributed by atoms with van der Waals surface area (Å²) in [5, 5.41) is 5.12. The van der Waals surface area contributed by atoms with Crippen molar-refractivity contribution in [3.05, 3.63) is 71.4 Å². The van der Waals surface area contributed by atoms with Crippen LogP contribution in [0.3, 0.4) is 0 Å². The molecule has 2 aromatic carbocycles. The van der Waals surface area contributed by atoms with Gasteiger partial charge in [0.25, 0.3) is 0 Å². The second-order valence-corrected chi connectivity index (χ2v) is 7.70. The Bertz CT molecular complexity index is 965. The highest BCUT2D eigenvalue weighted by Gasteiger charge is 2.07. The Kier molecular flexibility index (Phi) is 6.24. The van der Waals surface area contributed by atoms with Gasteiger partial charge in [-0.05, 0) is 36.1 Å². The van der Waals surface area contributed by atoms with E-state index in [1.54, 1.807) is 6.21 Å². The zero-order valence-electron chi connectivity index (χ0n) is 15.8. The molecule has 1 heterocycles. The molecule has 0 bridgehead atoms. The van der Waals surface area contributed by atoms with Crippen molar-refractivity contribution >= 4 is 34.8 Å². The third kappa shape index (κ3) is 5.17. The van der Waals surface area contributed by atoms with Gasteiger partial charge >= 0.3 is 0 Å². The molecule has 0 radical (unpaired) electrons. The van der Waals surface area contributed by atoms with Crippen LogP contribution in [0.1, 0.15) is 36.6 Å². The average Bonchev–Trinajstić information content (AvgIpc) is 2.66. The van der Waals surface area contributed by atoms with Crippen LogP contribution in [0.5, 0.6) is 0 Å². The third-order valence-corrected chi connectivity index (χ3v) is 5.23. The summed E-state index contributed by atoms with van der Waals surface area (Å²) >= 11 is 1.50. The number of rotatable bonds is 6. The number of para-hydroxylation sites is 1. The van der Waals surface area contributed by atoms with Crippen LogP contribution in [0.2, 0.25) is 0 Å². The molecule has 3 rings (SSSR count). The number of carbonyl (C=O) groups is 1. The molecule has 0 saturated heterocycles. The lowest BCUT2D eigenvalue weighted by atomic mass is 10.0. The molecular weight excluding hydrogens is 354 g/mol. The first-order valence-electron chi connectivity index (χ1n) is 8.94. The van der Waals surface area contributed by atoms with Crippen LogP contribution < -0.4 is 5.43 Å². The van der Waals surface area contributed by atoms with Crippen LogP contribution in [0.15, 0.2) is 64.6 Å². The summed E-state index contributed by atoms with van der Waals surface area (Å²) in [7, 11) is 0. The molecule has 0 aliphatic carbocycles. The fourth-order valence-corrected chi connectivity index (χ4v) is 3.64. The average molecular weight is 378 g/mol. The smallest absolute Gasteiger partial charge is 0.250 e. The minimum atomic E-state index is -0.131. The fourth-order valence-electron chi connectivity index (χ4n) is 2.71. The molecule has 3 aromatic rings. The molecule has 0 saturated carbocycles. The summed E-state index contributed by atoms with van der Waals surface area (Å²) in [5.41, 5.74) is 6.73. The molecule has 0 spiro atoms. The number of nitrogens with zero attached hydrogens (tertiary/aromatic N) is 2. The van der Waals surface area contributed by atoms with Gasteiger partial charge in [-0.25, -0.2) is 5.43 Å².